The van der Waals surface area contributed by atoms with Crippen molar-refractivity contribution in [1.82, 2.24) is 25.9 Å². The highest BCUT2D eigenvalue weighted by Crippen LogP contribution is 2.41. The summed E-state index contributed by atoms with van der Waals surface area (Å²) in [5, 5.41) is 16.5. The Kier molecular flexibility index (Phi) is 6.79. The number of carbonyl (C=O) groups excluding carboxylic acids is 1. The molecule has 1 saturated heterocycles. The Hall–Kier alpha value is -3.30. The van der Waals surface area contributed by atoms with E-state index in [-0.39, 0.29) is 6.42 Å². The van der Waals surface area contributed by atoms with Crippen molar-refractivity contribution < 1.29 is 14.5 Å². The van der Waals surface area contributed by atoms with Gasteiger partial charge >= 0.3 is 0 Å². The zero-order valence-electron chi connectivity index (χ0n) is 20.2. The molecule has 2 atom stereocenters. The zero-order valence-corrected chi connectivity index (χ0v) is 20.2. The molecule has 35 heavy (non-hydrogen) atoms. The third-order valence-corrected chi connectivity index (χ3v) is 7.20. The molecule has 5 rings (SSSR count). The van der Waals surface area contributed by atoms with Crippen LogP contribution >= 0.6 is 0 Å². The molecule has 1 aromatic carbocycles. The predicted octanol–water partition coefficient (Wildman–Crippen LogP) is 3.16. The molecule has 0 bridgehead atoms. The standard InChI is InChI=1S/C26H32N6O3/c1-16-25(17(2)35-31-16)21-5-3-20(4-6-21)22-12-23(22)27-13-18-7-9-32(10-8-18)26-28-14-19(15-29-26)11-24(33)30-34/h3-6,14-15,18,22-23,27,34H,7-13H2,1-2H3,(H,30,33). The van der Waals surface area contributed by atoms with Crippen molar-refractivity contribution in [2.45, 2.75) is 51.5 Å². The number of anilines is 1. The molecule has 0 radical (unpaired) electrons. The van der Waals surface area contributed by atoms with Gasteiger partial charge in [-0.1, -0.05) is 29.4 Å². The van der Waals surface area contributed by atoms with Gasteiger partial charge in [-0.25, -0.2) is 15.4 Å². The van der Waals surface area contributed by atoms with Gasteiger partial charge in [0, 0.05) is 43.0 Å². The van der Waals surface area contributed by atoms with Gasteiger partial charge in [-0.15, -0.1) is 0 Å². The molecule has 9 nitrogen and oxygen atoms in total. The van der Waals surface area contributed by atoms with Crippen LogP contribution in [0.15, 0.2) is 41.2 Å². The number of benzene rings is 1. The number of aromatic nitrogens is 3. The van der Waals surface area contributed by atoms with E-state index in [2.05, 4.69) is 49.6 Å². The van der Waals surface area contributed by atoms with Crippen molar-refractivity contribution >= 4 is 11.9 Å². The van der Waals surface area contributed by atoms with E-state index in [9.17, 15) is 4.79 Å². The number of hydrogen-bond acceptors (Lipinski definition) is 8. The number of amides is 1. The molecule has 1 saturated carbocycles. The van der Waals surface area contributed by atoms with Crippen LogP contribution in [0.5, 0.6) is 0 Å². The summed E-state index contributed by atoms with van der Waals surface area (Å²) < 4.78 is 5.31. The Bertz CT molecular complexity index is 1130. The van der Waals surface area contributed by atoms with Crippen molar-refractivity contribution in [3.05, 3.63) is 59.2 Å². The maximum Gasteiger partial charge on any atom is 0.247 e. The number of carbonyl (C=O) groups is 1. The first-order valence-corrected chi connectivity index (χ1v) is 12.3. The van der Waals surface area contributed by atoms with Gasteiger partial charge in [-0.3, -0.25) is 10.0 Å². The van der Waals surface area contributed by atoms with Gasteiger partial charge in [0.1, 0.15) is 5.76 Å². The van der Waals surface area contributed by atoms with E-state index in [4.69, 9.17) is 9.73 Å². The quantitative estimate of drug-likeness (QED) is 0.335. The van der Waals surface area contributed by atoms with Gasteiger partial charge in [-0.05, 0) is 62.3 Å². The maximum atomic E-state index is 11.3. The van der Waals surface area contributed by atoms with E-state index < -0.39 is 5.91 Å². The smallest absolute Gasteiger partial charge is 0.247 e. The molecule has 2 aliphatic rings. The largest absolute Gasteiger partial charge is 0.361 e. The lowest BCUT2D eigenvalue weighted by molar-refractivity contribution is -0.128. The van der Waals surface area contributed by atoms with Crippen LogP contribution in [0.4, 0.5) is 5.95 Å². The number of nitrogens with one attached hydrogen (secondary N) is 2. The Morgan fingerprint density at radius 3 is 2.49 bits per heavy atom. The van der Waals surface area contributed by atoms with Crippen molar-refractivity contribution in [3.63, 3.8) is 0 Å². The minimum atomic E-state index is -0.471. The second-order valence-corrected chi connectivity index (χ2v) is 9.71. The number of nitrogens with zero attached hydrogens (tertiary/aromatic N) is 4. The second-order valence-electron chi connectivity index (χ2n) is 9.71. The van der Waals surface area contributed by atoms with E-state index in [1.165, 1.54) is 12.0 Å². The van der Waals surface area contributed by atoms with Crippen LogP contribution in [-0.2, 0) is 11.2 Å². The van der Waals surface area contributed by atoms with E-state index in [0.29, 0.717) is 29.4 Å². The van der Waals surface area contributed by atoms with Crippen molar-refractivity contribution in [3.8, 4) is 11.1 Å². The minimum absolute atomic E-state index is 0.0675. The van der Waals surface area contributed by atoms with Crippen LogP contribution in [-0.4, -0.2) is 51.9 Å². The normalized spacial score (nSPS) is 20.1. The topological polar surface area (TPSA) is 116 Å². The summed E-state index contributed by atoms with van der Waals surface area (Å²) in [7, 11) is 0. The molecular formula is C26H32N6O3. The first kappa shape index (κ1) is 23.4. The van der Waals surface area contributed by atoms with Crippen LogP contribution in [0, 0.1) is 19.8 Å². The van der Waals surface area contributed by atoms with E-state index in [0.717, 1.165) is 55.1 Å². The molecule has 9 heteroatoms. The predicted molar refractivity (Wildman–Crippen MR) is 131 cm³/mol. The summed E-state index contributed by atoms with van der Waals surface area (Å²) in [6.45, 7) is 6.84. The Morgan fingerprint density at radius 1 is 1.14 bits per heavy atom. The number of piperidine rings is 1. The summed E-state index contributed by atoms with van der Waals surface area (Å²) in [6, 6.07) is 9.41. The third kappa shape index (κ3) is 5.36. The minimum Gasteiger partial charge on any atom is -0.361 e. The van der Waals surface area contributed by atoms with Gasteiger partial charge in [0.25, 0.3) is 0 Å². The second kappa shape index (κ2) is 10.1. The summed E-state index contributed by atoms with van der Waals surface area (Å²) in [5.74, 6) is 2.34. The van der Waals surface area contributed by atoms with Crippen molar-refractivity contribution in [1.29, 1.82) is 0 Å². The molecular weight excluding hydrogens is 444 g/mol. The molecule has 1 aliphatic carbocycles. The van der Waals surface area contributed by atoms with E-state index >= 15 is 0 Å². The fourth-order valence-electron chi connectivity index (χ4n) is 5.06. The van der Waals surface area contributed by atoms with Gasteiger partial charge < -0.3 is 14.7 Å². The Labute approximate surface area is 204 Å². The molecule has 0 spiro atoms. The molecule has 3 aromatic rings. The Balaban J connectivity index is 1.06. The van der Waals surface area contributed by atoms with Crippen molar-refractivity contribution in [2.24, 2.45) is 5.92 Å². The molecule has 184 valence electrons. The molecule has 2 unspecified atom stereocenters. The highest BCUT2D eigenvalue weighted by molar-refractivity contribution is 5.77. The molecule has 1 aliphatic heterocycles. The van der Waals surface area contributed by atoms with Gasteiger partial charge in [0.2, 0.25) is 11.9 Å². The summed E-state index contributed by atoms with van der Waals surface area (Å²) in [5.41, 5.74) is 6.90. The monoisotopic (exact) mass is 476 g/mol. The summed E-state index contributed by atoms with van der Waals surface area (Å²) >= 11 is 0. The first-order valence-electron chi connectivity index (χ1n) is 12.3. The van der Waals surface area contributed by atoms with E-state index in [1.807, 2.05) is 13.8 Å². The average Bonchev–Trinajstić information content (AvgIpc) is 3.59. The lowest BCUT2D eigenvalue weighted by Gasteiger charge is -2.32. The summed E-state index contributed by atoms with van der Waals surface area (Å²) in [4.78, 5) is 22.3. The zero-order chi connectivity index (χ0) is 24.4. The number of hydroxylamine groups is 1. The van der Waals surface area contributed by atoms with Crippen LogP contribution in [0.2, 0.25) is 0 Å². The third-order valence-electron chi connectivity index (χ3n) is 7.20. The fourth-order valence-corrected chi connectivity index (χ4v) is 5.06. The molecule has 2 fully saturated rings. The molecule has 3 heterocycles. The summed E-state index contributed by atoms with van der Waals surface area (Å²) in [6.07, 6.45) is 6.78. The average molecular weight is 477 g/mol. The number of aryl methyl sites for hydroxylation is 2. The van der Waals surface area contributed by atoms with E-state index in [1.54, 1.807) is 17.9 Å². The van der Waals surface area contributed by atoms with Crippen LogP contribution in [0.25, 0.3) is 11.1 Å². The maximum absolute atomic E-state index is 11.3. The molecule has 2 aromatic heterocycles. The van der Waals surface area contributed by atoms with Gasteiger partial charge in [-0.2, -0.15) is 0 Å². The highest BCUT2D eigenvalue weighted by Gasteiger charge is 2.38. The van der Waals surface area contributed by atoms with Crippen LogP contribution in [0.3, 0.4) is 0 Å². The van der Waals surface area contributed by atoms with Crippen LogP contribution < -0.4 is 15.7 Å². The first-order chi connectivity index (χ1) is 17.0. The van der Waals surface area contributed by atoms with Gasteiger partial charge in [0.15, 0.2) is 0 Å². The lowest BCUT2D eigenvalue weighted by atomic mass is 9.97. The Morgan fingerprint density at radius 2 is 1.86 bits per heavy atom. The van der Waals surface area contributed by atoms with Crippen molar-refractivity contribution in [2.75, 3.05) is 24.5 Å². The fraction of sp³-hybridized carbons (Fsp3) is 0.462. The highest BCUT2D eigenvalue weighted by atomic mass is 16.5. The SMILES string of the molecule is Cc1noc(C)c1-c1ccc(C2CC2NCC2CCN(c3ncc(CC(=O)NO)cn3)CC2)cc1. The lowest BCUT2D eigenvalue weighted by Crippen LogP contribution is -2.38. The van der Waals surface area contributed by atoms with Crippen LogP contribution in [0.1, 0.15) is 47.8 Å². The number of rotatable bonds is 8. The number of hydrogen-bond donors (Lipinski definition) is 3. The molecule has 1 amide bonds. The molecule has 3 N–H and O–H groups in total. The van der Waals surface area contributed by atoms with Gasteiger partial charge in [0.05, 0.1) is 12.1 Å².